The highest BCUT2D eigenvalue weighted by atomic mass is 32.1. The van der Waals surface area contributed by atoms with Gasteiger partial charge in [-0.05, 0) is 19.9 Å². The number of benzene rings is 1. The Kier molecular flexibility index (Phi) is 3.76. The van der Waals surface area contributed by atoms with Gasteiger partial charge >= 0.3 is 0 Å². The van der Waals surface area contributed by atoms with Crippen LogP contribution in [0, 0.1) is 6.92 Å². The van der Waals surface area contributed by atoms with Crippen LogP contribution in [0.5, 0.6) is 5.75 Å². The summed E-state index contributed by atoms with van der Waals surface area (Å²) < 4.78 is 5.79. The van der Waals surface area contributed by atoms with Gasteiger partial charge in [-0.15, -0.1) is 11.3 Å². The van der Waals surface area contributed by atoms with Gasteiger partial charge in [0.05, 0.1) is 9.88 Å². The first kappa shape index (κ1) is 12.1. The van der Waals surface area contributed by atoms with Crippen LogP contribution in [0.1, 0.15) is 28.4 Å². The van der Waals surface area contributed by atoms with Gasteiger partial charge in [-0.2, -0.15) is 0 Å². The maximum absolute atomic E-state index is 5.90. The summed E-state index contributed by atoms with van der Waals surface area (Å²) in [7, 11) is 0. The van der Waals surface area contributed by atoms with Gasteiger partial charge in [0.1, 0.15) is 12.4 Å². The molecule has 0 bridgehead atoms. The molecular weight excluding hydrogens is 232 g/mol. The third-order valence-corrected chi connectivity index (χ3v) is 3.33. The highest BCUT2D eigenvalue weighted by Gasteiger charge is 2.07. The maximum Gasteiger partial charge on any atom is 0.124 e. The van der Waals surface area contributed by atoms with Gasteiger partial charge in [-0.1, -0.05) is 18.2 Å². The van der Waals surface area contributed by atoms with Crippen LogP contribution >= 0.6 is 11.3 Å². The smallest absolute Gasteiger partial charge is 0.124 e. The van der Waals surface area contributed by atoms with E-state index in [0.29, 0.717) is 6.61 Å². The lowest BCUT2D eigenvalue weighted by atomic mass is 10.1. The van der Waals surface area contributed by atoms with Crippen molar-refractivity contribution < 1.29 is 4.74 Å². The number of rotatable bonds is 4. The van der Waals surface area contributed by atoms with Gasteiger partial charge in [-0.25, -0.2) is 4.98 Å². The fourth-order valence-corrected chi connectivity index (χ4v) is 2.32. The summed E-state index contributed by atoms with van der Waals surface area (Å²) >= 11 is 1.65. The Bertz CT molecular complexity index is 494. The molecule has 1 atom stereocenters. The van der Waals surface area contributed by atoms with E-state index in [9.17, 15) is 0 Å². The molecular formula is C13H16N2OS. The summed E-state index contributed by atoms with van der Waals surface area (Å²) in [6.07, 6.45) is 1.86. The molecule has 4 heteroatoms. The number of nitrogens with two attached hydrogens (primary N) is 1. The summed E-state index contributed by atoms with van der Waals surface area (Å²) in [4.78, 5) is 5.33. The molecule has 0 saturated carbocycles. The minimum absolute atomic E-state index is 0.0191. The summed E-state index contributed by atoms with van der Waals surface area (Å²) in [5.74, 6) is 0.855. The van der Waals surface area contributed by atoms with E-state index < -0.39 is 0 Å². The minimum atomic E-state index is -0.0191. The molecule has 3 nitrogen and oxygen atoms in total. The average molecular weight is 248 g/mol. The van der Waals surface area contributed by atoms with Gasteiger partial charge < -0.3 is 10.5 Å². The highest BCUT2D eigenvalue weighted by Crippen LogP contribution is 2.24. The lowest BCUT2D eigenvalue weighted by Gasteiger charge is -2.12. The first-order valence-electron chi connectivity index (χ1n) is 5.55. The Hall–Kier alpha value is -1.39. The molecule has 0 aliphatic heterocycles. The molecule has 2 aromatic rings. The zero-order valence-electron chi connectivity index (χ0n) is 10.0. The fraction of sp³-hybridized carbons (Fsp3) is 0.308. The van der Waals surface area contributed by atoms with E-state index in [1.165, 1.54) is 0 Å². The maximum atomic E-state index is 5.90. The van der Waals surface area contributed by atoms with Crippen LogP contribution in [-0.2, 0) is 6.61 Å². The molecule has 2 rings (SSSR count). The lowest BCUT2D eigenvalue weighted by molar-refractivity contribution is 0.305. The highest BCUT2D eigenvalue weighted by molar-refractivity contribution is 7.11. The SMILES string of the molecule is Cc1ncc(COc2ccccc2C(C)N)s1. The van der Waals surface area contributed by atoms with Crippen molar-refractivity contribution in [1.82, 2.24) is 4.98 Å². The molecule has 0 amide bonds. The van der Waals surface area contributed by atoms with E-state index in [2.05, 4.69) is 4.98 Å². The number of ether oxygens (including phenoxy) is 1. The molecule has 0 fully saturated rings. The predicted octanol–water partition coefficient (Wildman–Crippen LogP) is 3.05. The largest absolute Gasteiger partial charge is 0.488 e. The van der Waals surface area contributed by atoms with Gasteiger partial charge in [0.2, 0.25) is 0 Å². The van der Waals surface area contributed by atoms with Gasteiger partial charge in [0.15, 0.2) is 0 Å². The van der Waals surface area contributed by atoms with Crippen molar-refractivity contribution >= 4 is 11.3 Å². The van der Waals surface area contributed by atoms with Crippen LogP contribution < -0.4 is 10.5 Å². The molecule has 0 spiro atoms. The Morgan fingerprint density at radius 3 is 2.82 bits per heavy atom. The van der Waals surface area contributed by atoms with Crippen LogP contribution in [0.4, 0.5) is 0 Å². The Morgan fingerprint density at radius 2 is 2.18 bits per heavy atom. The third-order valence-electron chi connectivity index (χ3n) is 2.45. The van der Waals surface area contributed by atoms with Crippen LogP contribution in [0.3, 0.4) is 0 Å². The molecule has 1 heterocycles. The molecule has 1 unspecified atom stereocenters. The molecule has 2 N–H and O–H groups in total. The van der Waals surface area contributed by atoms with Crippen LogP contribution in [0.2, 0.25) is 0 Å². The third kappa shape index (κ3) is 3.05. The number of hydrogen-bond acceptors (Lipinski definition) is 4. The van der Waals surface area contributed by atoms with Crippen LogP contribution in [0.15, 0.2) is 30.5 Å². The summed E-state index contributed by atoms with van der Waals surface area (Å²) in [5.41, 5.74) is 6.93. The van der Waals surface area contributed by atoms with Crippen LogP contribution in [-0.4, -0.2) is 4.98 Å². The molecule has 1 aromatic carbocycles. The molecule has 0 aliphatic rings. The number of hydrogen-bond donors (Lipinski definition) is 1. The van der Waals surface area contributed by atoms with Crippen molar-refractivity contribution in [3.8, 4) is 5.75 Å². The Labute approximate surface area is 105 Å². The van der Waals surface area contributed by atoms with Crippen molar-refractivity contribution in [2.24, 2.45) is 5.73 Å². The second-order valence-corrected chi connectivity index (χ2v) is 5.28. The zero-order valence-corrected chi connectivity index (χ0v) is 10.8. The van der Waals surface area contributed by atoms with Crippen LogP contribution in [0.25, 0.3) is 0 Å². The van der Waals surface area contributed by atoms with Crippen molar-refractivity contribution in [3.63, 3.8) is 0 Å². The van der Waals surface area contributed by atoms with E-state index >= 15 is 0 Å². The average Bonchev–Trinajstić information content (AvgIpc) is 2.73. The second kappa shape index (κ2) is 5.29. The Morgan fingerprint density at radius 1 is 1.41 bits per heavy atom. The van der Waals surface area contributed by atoms with Gasteiger partial charge in [0.25, 0.3) is 0 Å². The quantitative estimate of drug-likeness (QED) is 0.904. The van der Waals surface area contributed by atoms with Crippen molar-refractivity contribution in [2.45, 2.75) is 26.5 Å². The van der Waals surface area contributed by atoms with Gasteiger partial charge in [0, 0.05) is 17.8 Å². The van der Waals surface area contributed by atoms with E-state index in [1.54, 1.807) is 11.3 Å². The molecule has 1 aromatic heterocycles. The molecule has 17 heavy (non-hydrogen) atoms. The van der Waals surface area contributed by atoms with E-state index in [1.807, 2.05) is 44.3 Å². The minimum Gasteiger partial charge on any atom is -0.488 e. The van der Waals surface area contributed by atoms with E-state index in [-0.39, 0.29) is 6.04 Å². The number of para-hydroxylation sites is 1. The summed E-state index contributed by atoms with van der Waals surface area (Å²) in [5, 5.41) is 1.06. The number of nitrogens with zero attached hydrogens (tertiary/aromatic N) is 1. The molecule has 0 saturated heterocycles. The molecule has 0 aliphatic carbocycles. The summed E-state index contributed by atoms with van der Waals surface area (Å²) in [6.45, 7) is 4.50. The van der Waals surface area contributed by atoms with Gasteiger partial charge in [-0.3, -0.25) is 0 Å². The fourth-order valence-electron chi connectivity index (χ4n) is 1.61. The first-order valence-corrected chi connectivity index (χ1v) is 6.37. The second-order valence-electron chi connectivity index (χ2n) is 3.96. The Balaban J connectivity index is 2.08. The van der Waals surface area contributed by atoms with Crippen molar-refractivity contribution in [1.29, 1.82) is 0 Å². The lowest BCUT2D eigenvalue weighted by Crippen LogP contribution is -2.07. The van der Waals surface area contributed by atoms with E-state index in [4.69, 9.17) is 10.5 Å². The number of aromatic nitrogens is 1. The first-order chi connectivity index (χ1) is 8.16. The van der Waals surface area contributed by atoms with Crippen molar-refractivity contribution in [2.75, 3.05) is 0 Å². The molecule has 90 valence electrons. The monoisotopic (exact) mass is 248 g/mol. The number of thiazole rings is 1. The summed E-state index contributed by atoms with van der Waals surface area (Å²) in [6, 6.07) is 7.86. The van der Waals surface area contributed by atoms with Crippen molar-refractivity contribution in [3.05, 3.63) is 45.9 Å². The number of aryl methyl sites for hydroxylation is 1. The predicted molar refractivity (Wildman–Crippen MR) is 70.2 cm³/mol. The zero-order chi connectivity index (χ0) is 12.3. The topological polar surface area (TPSA) is 48.1 Å². The van der Waals surface area contributed by atoms with E-state index in [0.717, 1.165) is 21.2 Å². The normalized spacial score (nSPS) is 12.4. The molecule has 0 radical (unpaired) electrons. The standard InChI is InChI=1S/C13H16N2OS/c1-9(14)12-5-3-4-6-13(12)16-8-11-7-15-10(2)17-11/h3-7,9H,8,14H2,1-2H3.